The van der Waals surface area contributed by atoms with Crippen molar-refractivity contribution in [3.63, 3.8) is 0 Å². The van der Waals surface area contributed by atoms with Crippen LogP contribution in [0.3, 0.4) is 0 Å². The van der Waals surface area contributed by atoms with E-state index in [9.17, 15) is 8.78 Å². The molecule has 0 bridgehead atoms. The van der Waals surface area contributed by atoms with Crippen molar-refractivity contribution < 1.29 is 8.78 Å². The van der Waals surface area contributed by atoms with Crippen molar-refractivity contribution in [2.75, 3.05) is 0 Å². The van der Waals surface area contributed by atoms with Gasteiger partial charge in [0.05, 0.1) is 6.04 Å². The molecule has 16 heavy (non-hydrogen) atoms. The number of rotatable bonds is 2. The summed E-state index contributed by atoms with van der Waals surface area (Å²) in [6.45, 7) is 1.75. The van der Waals surface area contributed by atoms with Gasteiger partial charge >= 0.3 is 0 Å². The lowest BCUT2D eigenvalue weighted by atomic mass is 10.2. The second-order valence-corrected chi connectivity index (χ2v) is 3.46. The molecule has 0 aliphatic carbocycles. The van der Waals surface area contributed by atoms with Gasteiger partial charge in [0.25, 0.3) is 0 Å². The van der Waals surface area contributed by atoms with E-state index in [-0.39, 0.29) is 6.04 Å². The normalized spacial score (nSPS) is 12.8. The second kappa shape index (κ2) is 3.97. The van der Waals surface area contributed by atoms with E-state index in [2.05, 4.69) is 15.2 Å². The third-order valence-corrected chi connectivity index (χ3v) is 2.11. The summed E-state index contributed by atoms with van der Waals surface area (Å²) in [4.78, 5) is 4.07. The van der Waals surface area contributed by atoms with Crippen LogP contribution in [-0.4, -0.2) is 15.2 Å². The van der Waals surface area contributed by atoms with Crippen molar-refractivity contribution in [3.05, 3.63) is 35.7 Å². The number of aromatic nitrogens is 3. The topological polar surface area (TPSA) is 67.6 Å². The first kappa shape index (κ1) is 10.7. The number of aromatic amines is 1. The molecule has 6 heteroatoms. The first-order valence-corrected chi connectivity index (χ1v) is 4.71. The number of hydrogen-bond acceptors (Lipinski definition) is 3. The van der Waals surface area contributed by atoms with E-state index in [1.807, 2.05) is 0 Å². The summed E-state index contributed by atoms with van der Waals surface area (Å²) in [6.07, 6.45) is 0. The fourth-order valence-corrected chi connectivity index (χ4v) is 1.24. The summed E-state index contributed by atoms with van der Waals surface area (Å²) in [5.41, 5.74) is 6.00. The number of hydrogen-bond donors (Lipinski definition) is 2. The fraction of sp³-hybridized carbons (Fsp3) is 0.200. The number of halogens is 2. The predicted molar refractivity (Wildman–Crippen MR) is 54.3 cm³/mol. The maximum Gasteiger partial charge on any atom is 0.181 e. The molecular weight excluding hydrogens is 214 g/mol. The van der Waals surface area contributed by atoms with E-state index >= 15 is 0 Å². The minimum absolute atomic E-state index is 0.286. The quantitative estimate of drug-likeness (QED) is 0.816. The highest BCUT2D eigenvalue weighted by Gasteiger charge is 2.10. The highest BCUT2D eigenvalue weighted by Crippen LogP contribution is 2.18. The monoisotopic (exact) mass is 224 g/mol. The molecule has 1 unspecified atom stereocenters. The molecule has 1 aromatic carbocycles. The Labute approximate surface area is 90.5 Å². The van der Waals surface area contributed by atoms with E-state index in [1.165, 1.54) is 6.07 Å². The van der Waals surface area contributed by atoms with Gasteiger partial charge in [0, 0.05) is 5.56 Å². The number of nitrogens with zero attached hydrogens (tertiary/aromatic N) is 2. The standard InChI is InChI=1S/C10H10F2N4/c1-5(13)9-14-10(16-15-9)6-2-3-7(11)8(12)4-6/h2-5H,13H2,1H3,(H,14,15,16). The van der Waals surface area contributed by atoms with E-state index in [4.69, 9.17) is 5.73 Å². The van der Waals surface area contributed by atoms with Gasteiger partial charge in [0.1, 0.15) is 5.82 Å². The molecule has 1 heterocycles. The number of nitrogens with two attached hydrogens (primary N) is 1. The third-order valence-electron chi connectivity index (χ3n) is 2.11. The zero-order valence-corrected chi connectivity index (χ0v) is 8.54. The minimum Gasteiger partial charge on any atom is -0.322 e. The van der Waals surface area contributed by atoms with E-state index < -0.39 is 11.6 Å². The van der Waals surface area contributed by atoms with Crippen molar-refractivity contribution >= 4 is 0 Å². The first-order valence-electron chi connectivity index (χ1n) is 4.71. The molecule has 0 spiro atoms. The summed E-state index contributed by atoms with van der Waals surface area (Å²) in [7, 11) is 0. The van der Waals surface area contributed by atoms with Crippen LogP contribution in [-0.2, 0) is 0 Å². The molecule has 2 aromatic rings. The second-order valence-electron chi connectivity index (χ2n) is 3.46. The van der Waals surface area contributed by atoms with Crippen molar-refractivity contribution in [1.82, 2.24) is 15.2 Å². The number of H-pyrrole nitrogens is 1. The summed E-state index contributed by atoms with van der Waals surface area (Å²) in [5, 5.41) is 6.51. The highest BCUT2D eigenvalue weighted by molar-refractivity contribution is 5.54. The molecule has 0 radical (unpaired) electrons. The Balaban J connectivity index is 2.39. The molecule has 0 saturated heterocycles. The smallest absolute Gasteiger partial charge is 0.181 e. The zero-order chi connectivity index (χ0) is 11.7. The van der Waals surface area contributed by atoms with Crippen molar-refractivity contribution in [3.8, 4) is 11.4 Å². The van der Waals surface area contributed by atoms with Crippen molar-refractivity contribution in [1.29, 1.82) is 0 Å². The van der Waals surface area contributed by atoms with E-state index in [1.54, 1.807) is 6.92 Å². The Morgan fingerprint density at radius 2 is 2.06 bits per heavy atom. The Morgan fingerprint density at radius 1 is 1.31 bits per heavy atom. The molecule has 0 amide bonds. The van der Waals surface area contributed by atoms with Crippen LogP contribution in [0.5, 0.6) is 0 Å². The molecule has 4 nitrogen and oxygen atoms in total. The molecule has 0 saturated carbocycles. The maximum atomic E-state index is 13.0. The van der Waals surface area contributed by atoms with E-state index in [0.29, 0.717) is 17.2 Å². The third kappa shape index (κ3) is 1.92. The van der Waals surface area contributed by atoms with Gasteiger partial charge in [-0.1, -0.05) is 0 Å². The molecular formula is C10H10F2N4. The SMILES string of the molecule is CC(N)c1nc(-c2ccc(F)c(F)c2)n[nH]1. The Hall–Kier alpha value is -1.82. The van der Waals surface area contributed by atoms with E-state index in [0.717, 1.165) is 12.1 Å². The average molecular weight is 224 g/mol. The van der Waals surface area contributed by atoms with Crippen LogP contribution in [0.4, 0.5) is 8.78 Å². The minimum atomic E-state index is -0.926. The molecule has 0 aliphatic rings. The van der Waals surface area contributed by atoms with Gasteiger partial charge in [0.15, 0.2) is 17.5 Å². The Bertz CT molecular complexity index is 507. The van der Waals surface area contributed by atoms with Crippen LogP contribution < -0.4 is 5.73 Å². The van der Waals surface area contributed by atoms with Gasteiger partial charge in [-0.2, -0.15) is 5.10 Å². The molecule has 2 rings (SSSR count). The Morgan fingerprint density at radius 3 is 2.62 bits per heavy atom. The van der Waals surface area contributed by atoms with Gasteiger partial charge in [-0.15, -0.1) is 0 Å². The van der Waals surface area contributed by atoms with Crippen LogP contribution in [0.1, 0.15) is 18.8 Å². The average Bonchev–Trinajstić information content (AvgIpc) is 2.71. The predicted octanol–water partition coefficient (Wildman–Crippen LogP) is 1.77. The lowest BCUT2D eigenvalue weighted by Crippen LogP contribution is -2.06. The fourth-order valence-electron chi connectivity index (χ4n) is 1.24. The van der Waals surface area contributed by atoms with Crippen molar-refractivity contribution in [2.24, 2.45) is 5.73 Å². The zero-order valence-electron chi connectivity index (χ0n) is 8.54. The number of benzene rings is 1. The Kier molecular flexibility index (Phi) is 2.66. The lowest BCUT2D eigenvalue weighted by molar-refractivity contribution is 0.509. The van der Waals surface area contributed by atoms with Crippen molar-refractivity contribution in [2.45, 2.75) is 13.0 Å². The van der Waals surface area contributed by atoms with Crippen LogP contribution in [0, 0.1) is 11.6 Å². The summed E-state index contributed by atoms with van der Waals surface area (Å²) < 4.78 is 25.7. The van der Waals surface area contributed by atoms with Gasteiger partial charge in [0.2, 0.25) is 0 Å². The van der Waals surface area contributed by atoms with Crippen LogP contribution in [0.15, 0.2) is 18.2 Å². The molecule has 84 valence electrons. The first-order chi connectivity index (χ1) is 7.58. The highest BCUT2D eigenvalue weighted by atomic mass is 19.2. The van der Waals surface area contributed by atoms with Gasteiger partial charge in [-0.25, -0.2) is 13.8 Å². The number of nitrogens with one attached hydrogen (secondary N) is 1. The summed E-state index contributed by atoms with van der Waals surface area (Å²) >= 11 is 0. The molecule has 1 aromatic heterocycles. The van der Waals surface area contributed by atoms with Gasteiger partial charge in [-0.3, -0.25) is 5.10 Å². The van der Waals surface area contributed by atoms with Crippen LogP contribution in [0.25, 0.3) is 11.4 Å². The van der Waals surface area contributed by atoms with Crippen LogP contribution >= 0.6 is 0 Å². The summed E-state index contributed by atoms with van der Waals surface area (Å²) in [6, 6.07) is 3.20. The molecule has 3 N–H and O–H groups in total. The van der Waals surface area contributed by atoms with Gasteiger partial charge < -0.3 is 5.73 Å². The van der Waals surface area contributed by atoms with Crippen LogP contribution in [0.2, 0.25) is 0 Å². The largest absolute Gasteiger partial charge is 0.322 e. The van der Waals surface area contributed by atoms with Gasteiger partial charge in [-0.05, 0) is 25.1 Å². The molecule has 0 aliphatic heterocycles. The molecule has 0 fully saturated rings. The summed E-state index contributed by atoms with van der Waals surface area (Å²) in [5.74, 6) is -1.03. The lowest BCUT2D eigenvalue weighted by Gasteiger charge is -1.97. The maximum absolute atomic E-state index is 13.0. The molecule has 1 atom stereocenters.